The maximum atomic E-state index is 14.8. The fourth-order valence-electron chi connectivity index (χ4n) is 4.04. The topological polar surface area (TPSA) is 103 Å². The number of ether oxygens (including phenoxy) is 1. The molecule has 3 aromatic rings. The van der Waals surface area contributed by atoms with Crippen LogP contribution in [0.2, 0.25) is 0 Å². The van der Waals surface area contributed by atoms with E-state index >= 15 is 0 Å². The molecule has 0 aliphatic carbocycles. The summed E-state index contributed by atoms with van der Waals surface area (Å²) in [5.41, 5.74) is 2.62. The number of guanidine groups is 1. The fraction of sp³-hybridized carbons (Fsp3) is 0.217. The molecule has 4 rings (SSSR count). The number of carbonyl (C=O) groups excluding carboxylic acids is 2. The quantitative estimate of drug-likeness (QED) is 0.325. The highest BCUT2D eigenvalue weighted by molar-refractivity contribution is 6.09. The summed E-state index contributed by atoms with van der Waals surface area (Å²) in [5, 5.41) is 0. The molecule has 8 nitrogen and oxygen atoms in total. The number of nitrogens with two attached hydrogens (primary N) is 1. The molecule has 2 N–H and O–H groups in total. The van der Waals surface area contributed by atoms with Crippen molar-refractivity contribution in [3.63, 3.8) is 0 Å². The zero-order chi connectivity index (χ0) is 26.4. The number of rotatable bonds is 5. The molecule has 0 bridgehead atoms. The van der Waals surface area contributed by atoms with Crippen LogP contribution in [0.15, 0.2) is 53.8 Å². The van der Waals surface area contributed by atoms with E-state index in [0.717, 1.165) is 36.4 Å². The highest BCUT2D eigenvalue weighted by atomic mass is 19.4. The first kappa shape index (κ1) is 24.8. The summed E-state index contributed by atoms with van der Waals surface area (Å²) in [4.78, 5) is 34.4. The average Bonchev–Trinajstić information content (AvgIpc) is 3.33. The molecule has 1 atom stereocenters. The minimum Gasteiger partial charge on any atom is -0.464 e. The van der Waals surface area contributed by atoms with Gasteiger partial charge in [0.15, 0.2) is 11.5 Å². The lowest BCUT2D eigenvalue weighted by molar-refractivity contribution is -0.140. The van der Waals surface area contributed by atoms with Crippen LogP contribution in [-0.4, -0.2) is 52.6 Å². The van der Waals surface area contributed by atoms with Crippen molar-refractivity contribution in [2.45, 2.75) is 18.3 Å². The van der Waals surface area contributed by atoms with Gasteiger partial charge in [0, 0.05) is 36.1 Å². The van der Waals surface area contributed by atoms with E-state index in [1.54, 1.807) is 0 Å². The number of carbonyl (C=O) groups is 2. The zero-order valence-electron chi connectivity index (χ0n) is 18.8. The third-order valence-corrected chi connectivity index (χ3v) is 5.73. The van der Waals surface area contributed by atoms with Gasteiger partial charge in [-0.05, 0) is 35.9 Å². The number of esters is 1. The number of benzene rings is 1. The lowest BCUT2D eigenvalue weighted by Crippen LogP contribution is -2.41. The summed E-state index contributed by atoms with van der Waals surface area (Å²) in [6.07, 6.45) is -2.62. The Kier molecular flexibility index (Phi) is 6.02. The van der Waals surface area contributed by atoms with Crippen molar-refractivity contribution >= 4 is 17.8 Å². The second-order valence-corrected chi connectivity index (χ2v) is 7.93. The predicted molar refractivity (Wildman–Crippen MR) is 117 cm³/mol. The van der Waals surface area contributed by atoms with Crippen molar-refractivity contribution in [3.8, 4) is 11.1 Å². The average molecular weight is 507 g/mol. The van der Waals surface area contributed by atoms with Crippen molar-refractivity contribution in [1.29, 1.82) is 0 Å². The van der Waals surface area contributed by atoms with Crippen LogP contribution < -0.4 is 5.73 Å². The Labute approximate surface area is 200 Å². The van der Waals surface area contributed by atoms with Gasteiger partial charge in [0.25, 0.3) is 5.91 Å². The standard InChI is InChI=1S/C23H18F5N5O3/c1-32-20(35)23(31-21(32)29,13-9-17(19(34)36-2)33(10-13)11-22(26,27)28)12-5-6-16(24)15(8-12)14-4-3-7-30-18(14)25/h3-10H,11H2,1-2H3,(H2,29,31)/t23-/m1/s1. The van der Waals surface area contributed by atoms with Crippen LogP contribution in [-0.2, 0) is 21.6 Å². The van der Waals surface area contributed by atoms with Crippen LogP contribution in [0.25, 0.3) is 11.1 Å². The first-order valence-corrected chi connectivity index (χ1v) is 10.3. The van der Waals surface area contributed by atoms with Gasteiger partial charge in [0.1, 0.15) is 18.1 Å². The number of halogens is 5. The van der Waals surface area contributed by atoms with E-state index < -0.39 is 47.6 Å². The van der Waals surface area contributed by atoms with Crippen molar-refractivity contribution < 1.29 is 36.3 Å². The Bertz CT molecular complexity index is 1400. The van der Waals surface area contributed by atoms with Gasteiger partial charge in [-0.1, -0.05) is 6.07 Å². The normalized spacial score (nSPS) is 17.9. The van der Waals surface area contributed by atoms with Crippen molar-refractivity contribution in [2.75, 3.05) is 14.2 Å². The first-order valence-electron chi connectivity index (χ1n) is 10.3. The number of hydrogen-bond donors (Lipinski definition) is 1. The van der Waals surface area contributed by atoms with E-state index in [4.69, 9.17) is 5.73 Å². The Morgan fingerprint density at radius 1 is 1.14 bits per heavy atom. The molecule has 0 spiro atoms. The number of nitrogens with zero attached hydrogens (tertiary/aromatic N) is 4. The van der Waals surface area contributed by atoms with E-state index in [2.05, 4.69) is 14.7 Å². The molecule has 1 amide bonds. The lowest BCUT2D eigenvalue weighted by atomic mass is 9.82. The van der Waals surface area contributed by atoms with Gasteiger partial charge in [0.05, 0.1) is 7.11 Å². The van der Waals surface area contributed by atoms with Gasteiger partial charge in [-0.2, -0.15) is 17.6 Å². The predicted octanol–water partition coefficient (Wildman–Crippen LogP) is 3.21. The van der Waals surface area contributed by atoms with Crippen LogP contribution in [0, 0.1) is 11.8 Å². The third kappa shape index (κ3) is 4.06. The number of hydrogen-bond acceptors (Lipinski definition) is 6. The number of pyridine rings is 1. The Balaban J connectivity index is 1.99. The van der Waals surface area contributed by atoms with Gasteiger partial charge in [-0.15, -0.1) is 0 Å². The second kappa shape index (κ2) is 8.73. The number of aliphatic imine (C=N–C) groups is 1. The van der Waals surface area contributed by atoms with E-state index in [0.29, 0.717) is 4.57 Å². The number of methoxy groups -OCH3 is 1. The van der Waals surface area contributed by atoms with Gasteiger partial charge in [-0.25, -0.2) is 19.2 Å². The molecule has 188 valence electrons. The summed E-state index contributed by atoms with van der Waals surface area (Å²) < 4.78 is 74.0. The Morgan fingerprint density at radius 3 is 2.44 bits per heavy atom. The van der Waals surface area contributed by atoms with Crippen LogP contribution in [0.1, 0.15) is 21.6 Å². The number of amides is 1. The molecule has 0 fully saturated rings. The lowest BCUT2D eigenvalue weighted by Gasteiger charge is -2.25. The highest BCUT2D eigenvalue weighted by Gasteiger charge is 2.51. The molecule has 0 saturated carbocycles. The van der Waals surface area contributed by atoms with Crippen molar-refractivity contribution in [3.05, 3.63) is 77.4 Å². The molecule has 2 aromatic heterocycles. The molecule has 1 aliphatic rings. The molecule has 36 heavy (non-hydrogen) atoms. The summed E-state index contributed by atoms with van der Waals surface area (Å²) in [6.45, 7) is -1.56. The monoisotopic (exact) mass is 507 g/mol. The molecule has 0 radical (unpaired) electrons. The van der Waals surface area contributed by atoms with Crippen LogP contribution in [0.3, 0.4) is 0 Å². The van der Waals surface area contributed by atoms with Gasteiger partial charge in [-0.3, -0.25) is 9.69 Å². The SMILES string of the molecule is COC(=O)c1cc([C@@]2(c3ccc(F)c(-c4cccnc4F)c3)N=C(N)N(C)C2=O)cn1CC(F)(F)F. The third-order valence-electron chi connectivity index (χ3n) is 5.73. The van der Waals surface area contributed by atoms with Crippen LogP contribution in [0.5, 0.6) is 0 Å². The van der Waals surface area contributed by atoms with E-state index in [1.165, 1.54) is 31.4 Å². The Hall–Kier alpha value is -4.29. The van der Waals surface area contributed by atoms with E-state index in [1.807, 2.05) is 0 Å². The molecule has 13 heteroatoms. The maximum Gasteiger partial charge on any atom is 0.406 e. The largest absolute Gasteiger partial charge is 0.464 e. The Morgan fingerprint density at radius 2 is 1.86 bits per heavy atom. The van der Waals surface area contributed by atoms with Gasteiger partial charge < -0.3 is 15.0 Å². The van der Waals surface area contributed by atoms with E-state index in [-0.39, 0.29) is 28.2 Å². The first-order chi connectivity index (χ1) is 16.9. The van der Waals surface area contributed by atoms with Gasteiger partial charge >= 0.3 is 12.1 Å². The zero-order valence-corrected chi connectivity index (χ0v) is 18.8. The highest BCUT2D eigenvalue weighted by Crippen LogP contribution is 2.42. The minimum absolute atomic E-state index is 0.0278. The molecular weight excluding hydrogens is 489 g/mol. The summed E-state index contributed by atoms with van der Waals surface area (Å²) in [5.74, 6) is -3.98. The van der Waals surface area contributed by atoms with Crippen molar-refractivity contribution in [1.82, 2.24) is 14.5 Å². The maximum absolute atomic E-state index is 14.8. The molecule has 0 saturated heterocycles. The fourth-order valence-corrected chi connectivity index (χ4v) is 4.04. The molecular formula is C23H18F5N5O3. The summed E-state index contributed by atoms with van der Waals surface area (Å²) >= 11 is 0. The number of alkyl halides is 3. The van der Waals surface area contributed by atoms with Crippen LogP contribution in [0.4, 0.5) is 22.0 Å². The number of aromatic nitrogens is 2. The van der Waals surface area contributed by atoms with E-state index in [9.17, 15) is 31.5 Å². The molecule has 0 unspecified atom stereocenters. The number of likely N-dealkylation sites (N-methyl/N-ethyl adjacent to an activating group) is 1. The summed E-state index contributed by atoms with van der Waals surface area (Å²) in [6, 6.07) is 6.96. The minimum atomic E-state index is -4.72. The smallest absolute Gasteiger partial charge is 0.406 e. The summed E-state index contributed by atoms with van der Waals surface area (Å²) in [7, 11) is 2.28. The van der Waals surface area contributed by atoms with Gasteiger partial charge in [0.2, 0.25) is 5.95 Å². The molecule has 1 aromatic carbocycles. The second-order valence-electron chi connectivity index (χ2n) is 7.93. The van der Waals surface area contributed by atoms with Crippen LogP contribution >= 0.6 is 0 Å². The van der Waals surface area contributed by atoms with Crippen molar-refractivity contribution in [2.24, 2.45) is 10.7 Å². The molecule has 3 heterocycles. The molecule has 1 aliphatic heterocycles.